The predicted octanol–water partition coefficient (Wildman–Crippen LogP) is 3.47. The summed E-state index contributed by atoms with van der Waals surface area (Å²) in [5.41, 5.74) is 11.5. The van der Waals surface area contributed by atoms with Crippen molar-refractivity contribution >= 4 is 29.2 Å². The van der Waals surface area contributed by atoms with Crippen molar-refractivity contribution in [3.63, 3.8) is 0 Å². The van der Waals surface area contributed by atoms with E-state index in [-0.39, 0.29) is 30.1 Å². The van der Waals surface area contributed by atoms with Crippen molar-refractivity contribution in [3.8, 4) is 0 Å². The lowest BCUT2D eigenvalue weighted by atomic mass is 9.80. The molecule has 2 aromatic heterocycles. The molecule has 0 saturated carbocycles. The van der Waals surface area contributed by atoms with Gasteiger partial charge < -0.3 is 10.6 Å². The van der Waals surface area contributed by atoms with Gasteiger partial charge >= 0.3 is 0 Å². The number of imide groups is 1. The van der Waals surface area contributed by atoms with Crippen LogP contribution in [0.1, 0.15) is 53.6 Å². The molecule has 0 bridgehead atoms. The molecule has 200 valence electrons. The van der Waals surface area contributed by atoms with Crippen molar-refractivity contribution in [2.24, 2.45) is 13.0 Å². The molecule has 1 saturated heterocycles. The van der Waals surface area contributed by atoms with E-state index in [1.807, 2.05) is 45.0 Å². The van der Waals surface area contributed by atoms with Crippen molar-refractivity contribution in [1.29, 1.82) is 0 Å². The number of likely N-dealkylation sites (tertiary alicyclic amines) is 1. The Balaban J connectivity index is 1.63. The zero-order valence-corrected chi connectivity index (χ0v) is 22.9. The number of hydrogen-bond donors (Lipinski definition) is 1. The fourth-order valence-electron chi connectivity index (χ4n) is 5.35. The van der Waals surface area contributed by atoms with Gasteiger partial charge in [-0.1, -0.05) is 25.1 Å². The second kappa shape index (κ2) is 10.8. The number of aromatic nitrogens is 3. The highest BCUT2D eigenvalue weighted by Gasteiger charge is 2.55. The number of β-lactam (4-membered cyclic amide) rings is 1. The fourth-order valence-corrected chi connectivity index (χ4v) is 5.35. The first-order valence-corrected chi connectivity index (χ1v) is 12.9. The van der Waals surface area contributed by atoms with E-state index in [1.165, 1.54) is 9.80 Å². The Morgan fingerprint density at radius 2 is 1.92 bits per heavy atom. The highest BCUT2D eigenvalue weighted by atomic mass is 16.2. The van der Waals surface area contributed by atoms with Crippen molar-refractivity contribution in [2.75, 3.05) is 17.7 Å². The minimum Gasteiger partial charge on any atom is -0.384 e. The largest absolute Gasteiger partial charge is 0.384 e. The van der Waals surface area contributed by atoms with Gasteiger partial charge in [0, 0.05) is 32.4 Å². The molecule has 1 fully saturated rings. The normalized spacial score (nSPS) is 17.7. The average Bonchev–Trinajstić information content (AvgIpc) is 3.30. The van der Waals surface area contributed by atoms with Crippen LogP contribution in [0.2, 0.25) is 0 Å². The van der Waals surface area contributed by atoms with Crippen LogP contribution in [0.15, 0.2) is 42.7 Å². The summed E-state index contributed by atoms with van der Waals surface area (Å²) >= 11 is 0. The first kappa shape index (κ1) is 27.0. The minimum absolute atomic E-state index is 0.0521. The third-order valence-electron chi connectivity index (χ3n) is 7.63. The number of rotatable bonds is 8. The second-order valence-electron chi connectivity index (χ2n) is 10.3. The standard InChI is InChI=1S/C29H36N6O3/c1-7-21(23-10-8-9-17(2)19(23)4)14-26(36)35-27(29(38)34(6)22-15-31-33(5)16-22)24(28(35)37)12-20-11-18(3)32-25(30)13-20/h8-11,13,15-16,21,24,27H,7,12,14H2,1-6H3,(H2,30,32)/t21-,24+,27-/m0/s1. The summed E-state index contributed by atoms with van der Waals surface area (Å²) in [6.45, 7) is 7.97. The minimum atomic E-state index is -0.911. The Morgan fingerprint density at radius 1 is 1.18 bits per heavy atom. The first-order valence-electron chi connectivity index (χ1n) is 12.9. The van der Waals surface area contributed by atoms with Crippen molar-refractivity contribution in [1.82, 2.24) is 19.7 Å². The molecule has 38 heavy (non-hydrogen) atoms. The molecule has 9 nitrogen and oxygen atoms in total. The van der Waals surface area contributed by atoms with Crippen LogP contribution in [-0.2, 0) is 27.9 Å². The van der Waals surface area contributed by atoms with Crippen LogP contribution >= 0.6 is 0 Å². The summed E-state index contributed by atoms with van der Waals surface area (Å²) in [5, 5.41) is 4.15. The molecule has 3 atom stereocenters. The quantitative estimate of drug-likeness (QED) is 0.459. The molecule has 3 heterocycles. The topological polar surface area (TPSA) is 114 Å². The third-order valence-corrected chi connectivity index (χ3v) is 7.63. The zero-order valence-electron chi connectivity index (χ0n) is 22.9. The number of nitrogens with two attached hydrogens (primary N) is 1. The van der Waals surface area contributed by atoms with Gasteiger partial charge in [0.1, 0.15) is 11.9 Å². The van der Waals surface area contributed by atoms with Crippen LogP contribution in [0.5, 0.6) is 0 Å². The van der Waals surface area contributed by atoms with E-state index in [0.717, 1.165) is 34.4 Å². The number of pyridine rings is 1. The number of carbonyl (C=O) groups is 3. The first-order chi connectivity index (χ1) is 18.0. The number of benzene rings is 1. The van der Waals surface area contributed by atoms with Crippen LogP contribution in [0.3, 0.4) is 0 Å². The summed E-state index contributed by atoms with van der Waals surface area (Å²) in [6, 6.07) is 8.74. The Morgan fingerprint density at radius 3 is 2.55 bits per heavy atom. The SMILES string of the molecule is CC[C@@H](CC(=O)N1C(=O)[C@H](Cc2cc(C)nc(N)c2)[C@H]1C(=O)N(C)c1cnn(C)c1)c1cccc(C)c1C. The summed E-state index contributed by atoms with van der Waals surface area (Å²) < 4.78 is 1.60. The van der Waals surface area contributed by atoms with Crippen molar-refractivity contribution < 1.29 is 14.4 Å². The van der Waals surface area contributed by atoms with Gasteiger partial charge in [0.05, 0.1) is 17.8 Å². The third kappa shape index (κ3) is 5.18. The maximum absolute atomic E-state index is 13.8. The Labute approximate surface area is 223 Å². The summed E-state index contributed by atoms with van der Waals surface area (Å²) in [7, 11) is 3.41. The predicted molar refractivity (Wildman–Crippen MR) is 146 cm³/mol. The van der Waals surface area contributed by atoms with Crippen LogP contribution in [0, 0.1) is 26.7 Å². The number of hydrogen-bond acceptors (Lipinski definition) is 6. The van der Waals surface area contributed by atoms with Gasteiger partial charge in [-0.25, -0.2) is 4.98 Å². The Hall–Kier alpha value is -4.01. The highest BCUT2D eigenvalue weighted by molar-refractivity contribution is 6.12. The molecule has 3 amide bonds. The van der Waals surface area contributed by atoms with Gasteiger partial charge in [0.2, 0.25) is 11.8 Å². The lowest BCUT2D eigenvalue weighted by Crippen LogP contribution is -2.69. The van der Waals surface area contributed by atoms with Gasteiger partial charge in [-0.3, -0.25) is 24.0 Å². The molecule has 0 aliphatic carbocycles. The summed E-state index contributed by atoms with van der Waals surface area (Å²) in [5.74, 6) is -1.36. The lowest BCUT2D eigenvalue weighted by Gasteiger charge is -2.46. The molecule has 0 radical (unpaired) electrons. The van der Waals surface area contributed by atoms with E-state index in [1.54, 1.807) is 37.2 Å². The van der Waals surface area contributed by atoms with Crippen LogP contribution in [0.25, 0.3) is 0 Å². The zero-order chi connectivity index (χ0) is 27.7. The molecule has 1 aliphatic rings. The van der Waals surface area contributed by atoms with Crippen molar-refractivity contribution in [3.05, 3.63) is 70.7 Å². The highest BCUT2D eigenvalue weighted by Crippen LogP contribution is 2.36. The van der Waals surface area contributed by atoms with Crippen LogP contribution < -0.4 is 10.6 Å². The smallest absolute Gasteiger partial charge is 0.250 e. The van der Waals surface area contributed by atoms with Crippen LogP contribution in [0.4, 0.5) is 11.5 Å². The number of anilines is 2. The summed E-state index contributed by atoms with van der Waals surface area (Å²) in [6.07, 6.45) is 4.49. The van der Waals surface area contributed by atoms with E-state index in [2.05, 4.69) is 17.0 Å². The second-order valence-corrected chi connectivity index (χ2v) is 10.3. The molecule has 3 aromatic rings. The number of carbonyl (C=O) groups excluding carboxylic acids is 3. The number of likely N-dealkylation sites (N-methyl/N-ethyl adjacent to an activating group) is 1. The lowest BCUT2D eigenvalue weighted by molar-refractivity contribution is -0.170. The van der Waals surface area contributed by atoms with E-state index < -0.39 is 12.0 Å². The summed E-state index contributed by atoms with van der Waals surface area (Å²) in [4.78, 5) is 47.7. The molecule has 0 spiro atoms. The number of amides is 3. The number of nitrogen functional groups attached to an aromatic ring is 1. The molecule has 1 aliphatic heterocycles. The van der Waals surface area contributed by atoms with E-state index in [9.17, 15) is 14.4 Å². The van der Waals surface area contributed by atoms with E-state index >= 15 is 0 Å². The average molecular weight is 517 g/mol. The Kier molecular flexibility index (Phi) is 7.66. The van der Waals surface area contributed by atoms with Crippen molar-refractivity contribution in [2.45, 2.75) is 58.9 Å². The molecule has 4 rings (SSSR count). The van der Waals surface area contributed by atoms with Gasteiger partial charge in [0.25, 0.3) is 5.91 Å². The molecule has 2 N–H and O–H groups in total. The monoisotopic (exact) mass is 516 g/mol. The molecular weight excluding hydrogens is 480 g/mol. The van der Waals surface area contributed by atoms with E-state index in [0.29, 0.717) is 17.9 Å². The maximum atomic E-state index is 13.8. The molecule has 0 unspecified atom stereocenters. The van der Waals surface area contributed by atoms with Gasteiger partial charge in [-0.15, -0.1) is 0 Å². The number of aryl methyl sites for hydroxylation is 3. The van der Waals surface area contributed by atoms with Gasteiger partial charge in [0.15, 0.2) is 0 Å². The molecule has 9 heteroatoms. The molecule has 1 aromatic carbocycles. The van der Waals surface area contributed by atoms with Gasteiger partial charge in [-0.05, 0) is 73.9 Å². The van der Waals surface area contributed by atoms with E-state index in [4.69, 9.17) is 5.73 Å². The van der Waals surface area contributed by atoms with Crippen LogP contribution in [-0.4, -0.2) is 50.5 Å². The van der Waals surface area contributed by atoms with Gasteiger partial charge in [-0.2, -0.15) is 5.10 Å². The maximum Gasteiger partial charge on any atom is 0.250 e. The Bertz CT molecular complexity index is 1360. The number of nitrogens with zero attached hydrogens (tertiary/aromatic N) is 5. The fraction of sp³-hybridized carbons (Fsp3) is 0.414. The molecular formula is C29H36N6O3.